The van der Waals surface area contributed by atoms with Gasteiger partial charge in [-0.2, -0.15) is 0 Å². The van der Waals surface area contributed by atoms with Gasteiger partial charge in [0.2, 0.25) is 5.88 Å². The molecule has 1 heterocycles. The maximum Gasteiger partial charge on any atom is 0.237 e. The van der Waals surface area contributed by atoms with E-state index in [0.717, 1.165) is 18.5 Å². The molecule has 1 rings (SSSR count). The molecule has 15 heavy (non-hydrogen) atoms. The number of methoxy groups -OCH3 is 1. The summed E-state index contributed by atoms with van der Waals surface area (Å²) in [6, 6.07) is 3.90. The van der Waals surface area contributed by atoms with Crippen LogP contribution in [-0.4, -0.2) is 17.6 Å². The lowest BCUT2D eigenvalue weighted by atomic mass is 9.99. The number of anilines is 1. The van der Waals surface area contributed by atoms with Crippen LogP contribution < -0.4 is 10.1 Å². The molecule has 0 aliphatic rings. The Bertz CT molecular complexity index is 310. The fraction of sp³-hybridized carbons (Fsp3) is 0.583. The van der Waals surface area contributed by atoms with Gasteiger partial charge in [0, 0.05) is 11.7 Å². The van der Waals surface area contributed by atoms with Crippen molar-refractivity contribution in [1.82, 2.24) is 4.98 Å². The zero-order valence-corrected chi connectivity index (χ0v) is 10.0. The molecule has 0 aromatic carbocycles. The zero-order chi connectivity index (χ0) is 11.3. The van der Waals surface area contributed by atoms with Gasteiger partial charge < -0.3 is 10.1 Å². The first-order valence-electron chi connectivity index (χ1n) is 5.36. The highest BCUT2D eigenvalue weighted by molar-refractivity contribution is 5.53. The fourth-order valence-corrected chi connectivity index (χ4v) is 1.70. The molecule has 0 radical (unpaired) electrons. The predicted molar refractivity (Wildman–Crippen MR) is 63.4 cm³/mol. The number of hydrogen-bond donors (Lipinski definition) is 1. The molecule has 3 nitrogen and oxygen atoms in total. The lowest BCUT2D eigenvalue weighted by Gasteiger charge is -2.27. The van der Waals surface area contributed by atoms with Crippen molar-refractivity contribution in [2.45, 2.75) is 39.2 Å². The van der Waals surface area contributed by atoms with Crippen LogP contribution in [0.15, 0.2) is 18.3 Å². The average Bonchev–Trinajstić information content (AvgIpc) is 2.17. The number of ether oxygens (including phenoxy) is 1. The zero-order valence-electron chi connectivity index (χ0n) is 10.0. The summed E-state index contributed by atoms with van der Waals surface area (Å²) in [5, 5.41) is 3.45. The third-order valence-electron chi connectivity index (χ3n) is 2.31. The Morgan fingerprint density at radius 3 is 2.80 bits per heavy atom. The molecule has 0 saturated carbocycles. The van der Waals surface area contributed by atoms with Crippen LogP contribution in [-0.2, 0) is 0 Å². The molecule has 0 spiro atoms. The lowest BCUT2D eigenvalue weighted by molar-refractivity contribution is 0.397. The first-order chi connectivity index (χ1) is 7.09. The van der Waals surface area contributed by atoms with Gasteiger partial charge >= 0.3 is 0 Å². The van der Waals surface area contributed by atoms with Crippen molar-refractivity contribution in [3.05, 3.63) is 18.3 Å². The van der Waals surface area contributed by atoms with Crippen LogP contribution in [0.1, 0.15) is 33.6 Å². The van der Waals surface area contributed by atoms with Crippen molar-refractivity contribution in [3.63, 3.8) is 0 Å². The molecule has 1 aromatic heterocycles. The standard InChI is InChI=1S/C12H20N2O/c1-5-8-12(2,3)14-10-7-6-9-13-11(10)15-4/h6-7,9,14H,5,8H2,1-4H3. The minimum absolute atomic E-state index is 0.0745. The summed E-state index contributed by atoms with van der Waals surface area (Å²) in [4.78, 5) is 4.16. The quantitative estimate of drug-likeness (QED) is 0.807. The monoisotopic (exact) mass is 208 g/mol. The van der Waals surface area contributed by atoms with E-state index < -0.39 is 0 Å². The van der Waals surface area contributed by atoms with Gasteiger partial charge in [-0.05, 0) is 32.4 Å². The first kappa shape index (κ1) is 11.8. The molecule has 0 saturated heterocycles. The molecule has 84 valence electrons. The first-order valence-corrected chi connectivity index (χ1v) is 5.36. The average molecular weight is 208 g/mol. The Labute approximate surface area is 91.9 Å². The molecule has 0 atom stereocenters. The van der Waals surface area contributed by atoms with E-state index in [0.29, 0.717) is 5.88 Å². The van der Waals surface area contributed by atoms with Crippen LogP contribution in [0.2, 0.25) is 0 Å². The van der Waals surface area contributed by atoms with E-state index in [1.165, 1.54) is 0 Å². The van der Waals surface area contributed by atoms with Crippen LogP contribution in [0.4, 0.5) is 5.69 Å². The van der Waals surface area contributed by atoms with Gasteiger partial charge in [-0.1, -0.05) is 13.3 Å². The molecule has 0 aliphatic carbocycles. The number of nitrogens with one attached hydrogen (secondary N) is 1. The van der Waals surface area contributed by atoms with Crippen LogP contribution >= 0.6 is 0 Å². The van der Waals surface area contributed by atoms with Crippen LogP contribution in [0.3, 0.4) is 0 Å². The Morgan fingerprint density at radius 2 is 2.20 bits per heavy atom. The summed E-state index contributed by atoms with van der Waals surface area (Å²) >= 11 is 0. The second-order valence-electron chi connectivity index (χ2n) is 4.32. The van der Waals surface area contributed by atoms with E-state index in [1.807, 2.05) is 12.1 Å². The molecule has 1 N–H and O–H groups in total. The highest BCUT2D eigenvalue weighted by atomic mass is 16.5. The molecule has 0 unspecified atom stereocenters. The summed E-state index contributed by atoms with van der Waals surface area (Å²) < 4.78 is 5.20. The summed E-state index contributed by atoms with van der Waals surface area (Å²) in [7, 11) is 1.64. The highest BCUT2D eigenvalue weighted by Crippen LogP contribution is 2.25. The molecule has 1 aromatic rings. The molecular weight excluding hydrogens is 188 g/mol. The van der Waals surface area contributed by atoms with Crippen molar-refractivity contribution in [3.8, 4) is 5.88 Å². The summed E-state index contributed by atoms with van der Waals surface area (Å²) in [5.74, 6) is 0.654. The van der Waals surface area contributed by atoms with E-state index in [9.17, 15) is 0 Å². The summed E-state index contributed by atoms with van der Waals surface area (Å²) in [6.45, 7) is 6.55. The summed E-state index contributed by atoms with van der Waals surface area (Å²) in [5.41, 5.74) is 1.03. The van der Waals surface area contributed by atoms with E-state index >= 15 is 0 Å². The second-order valence-corrected chi connectivity index (χ2v) is 4.32. The third-order valence-corrected chi connectivity index (χ3v) is 2.31. The van der Waals surface area contributed by atoms with E-state index in [4.69, 9.17) is 4.74 Å². The van der Waals surface area contributed by atoms with Crippen molar-refractivity contribution >= 4 is 5.69 Å². The molecule has 0 fully saturated rings. The topological polar surface area (TPSA) is 34.2 Å². The molecule has 0 aliphatic heterocycles. The molecular formula is C12H20N2O. The van der Waals surface area contributed by atoms with Crippen molar-refractivity contribution in [2.75, 3.05) is 12.4 Å². The Hall–Kier alpha value is -1.25. The van der Waals surface area contributed by atoms with Gasteiger partial charge in [-0.15, -0.1) is 0 Å². The van der Waals surface area contributed by atoms with Gasteiger partial charge in [0.15, 0.2) is 0 Å². The van der Waals surface area contributed by atoms with Gasteiger partial charge in [0.05, 0.1) is 12.8 Å². The minimum atomic E-state index is 0.0745. The van der Waals surface area contributed by atoms with Gasteiger partial charge in [-0.25, -0.2) is 4.98 Å². The van der Waals surface area contributed by atoms with Gasteiger partial charge in [0.25, 0.3) is 0 Å². The fourth-order valence-electron chi connectivity index (χ4n) is 1.70. The smallest absolute Gasteiger partial charge is 0.237 e. The Kier molecular flexibility index (Phi) is 3.95. The highest BCUT2D eigenvalue weighted by Gasteiger charge is 2.17. The number of nitrogens with zero attached hydrogens (tertiary/aromatic N) is 1. The van der Waals surface area contributed by atoms with E-state index in [1.54, 1.807) is 13.3 Å². The van der Waals surface area contributed by atoms with E-state index in [-0.39, 0.29) is 5.54 Å². The normalized spacial score (nSPS) is 11.2. The van der Waals surface area contributed by atoms with Crippen molar-refractivity contribution in [1.29, 1.82) is 0 Å². The van der Waals surface area contributed by atoms with Crippen LogP contribution in [0.5, 0.6) is 5.88 Å². The Balaban J connectivity index is 2.79. The van der Waals surface area contributed by atoms with Crippen LogP contribution in [0.25, 0.3) is 0 Å². The van der Waals surface area contributed by atoms with Gasteiger partial charge in [0.1, 0.15) is 0 Å². The molecule has 3 heteroatoms. The Morgan fingerprint density at radius 1 is 1.47 bits per heavy atom. The predicted octanol–water partition coefficient (Wildman–Crippen LogP) is 3.08. The largest absolute Gasteiger partial charge is 0.480 e. The summed E-state index contributed by atoms with van der Waals surface area (Å²) in [6.07, 6.45) is 4.00. The van der Waals surface area contributed by atoms with Gasteiger partial charge in [-0.3, -0.25) is 0 Å². The van der Waals surface area contributed by atoms with Crippen LogP contribution in [0, 0.1) is 0 Å². The molecule has 0 bridgehead atoms. The number of aromatic nitrogens is 1. The number of hydrogen-bond acceptors (Lipinski definition) is 3. The van der Waals surface area contributed by atoms with Crippen molar-refractivity contribution in [2.24, 2.45) is 0 Å². The maximum atomic E-state index is 5.20. The van der Waals surface area contributed by atoms with E-state index in [2.05, 4.69) is 31.1 Å². The number of pyridine rings is 1. The SMILES string of the molecule is CCCC(C)(C)Nc1cccnc1OC. The maximum absolute atomic E-state index is 5.20. The van der Waals surface area contributed by atoms with Crippen molar-refractivity contribution < 1.29 is 4.74 Å². The second kappa shape index (κ2) is 5.01. The third kappa shape index (κ3) is 3.42. The molecule has 0 amide bonds. The number of rotatable bonds is 5. The lowest BCUT2D eigenvalue weighted by Crippen LogP contribution is -2.30. The minimum Gasteiger partial charge on any atom is -0.480 e.